The molecule has 0 radical (unpaired) electrons. The van der Waals surface area contributed by atoms with E-state index in [-0.39, 0.29) is 5.78 Å². The van der Waals surface area contributed by atoms with Crippen LogP contribution in [-0.4, -0.2) is 21.8 Å². The summed E-state index contributed by atoms with van der Waals surface area (Å²) in [6.45, 7) is 5.49. The molecule has 0 bridgehead atoms. The molecule has 74 valence electrons. The Kier molecular flexibility index (Phi) is 5.80. The zero-order chi connectivity index (χ0) is 10.3. The minimum atomic E-state index is -0.407. The fraction of sp³-hybridized carbons (Fsp3) is 0.556. The first kappa shape index (κ1) is 11.8. The number of hydrogen-bond acceptors (Lipinski definition) is 3. The number of nitrogens with zero attached hydrogens (tertiary/aromatic N) is 1. The van der Waals surface area contributed by atoms with E-state index in [1.54, 1.807) is 12.5 Å². The Balaban J connectivity index is 0.000000671. The van der Waals surface area contributed by atoms with E-state index < -0.39 is 6.04 Å². The number of nitrogens with one attached hydrogen (secondary N) is 1. The van der Waals surface area contributed by atoms with Gasteiger partial charge in [0.1, 0.15) is 5.78 Å². The lowest BCUT2D eigenvalue weighted by Crippen LogP contribution is -2.30. The average Bonchev–Trinajstić information content (AvgIpc) is 2.60. The van der Waals surface area contributed by atoms with Gasteiger partial charge in [0.05, 0.1) is 12.4 Å². The summed E-state index contributed by atoms with van der Waals surface area (Å²) < 4.78 is 0. The van der Waals surface area contributed by atoms with Gasteiger partial charge in [-0.15, -0.1) is 0 Å². The van der Waals surface area contributed by atoms with Crippen LogP contribution in [0.2, 0.25) is 0 Å². The highest BCUT2D eigenvalue weighted by Gasteiger charge is 2.08. The first-order chi connectivity index (χ1) is 6.20. The standard InChI is InChI=1S/C7H11N3O.C2H6/c1-5(11)7(8)2-6-3-9-4-10-6;1-2/h3-4,7H,2,8H2,1H3,(H,9,10);1-2H3/t7-;/m1./s1. The molecular weight excluding hydrogens is 166 g/mol. The molecule has 4 heteroatoms. The number of hydrogen-bond donors (Lipinski definition) is 2. The van der Waals surface area contributed by atoms with E-state index in [4.69, 9.17) is 5.73 Å². The molecule has 0 saturated heterocycles. The minimum absolute atomic E-state index is 0.000370. The molecule has 0 saturated carbocycles. The molecule has 13 heavy (non-hydrogen) atoms. The first-order valence-corrected chi connectivity index (χ1v) is 4.43. The molecule has 3 N–H and O–H groups in total. The molecule has 1 atom stereocenters. The van der Waals surface area contributed by atoms with E-state index >= 15 is 0 Å². The number of carbonyl (C=O) groups is 1. The van der Waals surface area contributed by atoms with Crippen molar-refractivity contribution >= 4 is 5.78 Å². The smallest absolute Gasteiger partial charge is 0.146 e. The molecule has 1 rings (SSSR count). The first-order valence-electron chi connectivity index (χ1n) is 4.43. The summed E-state index contributed by atoms with van der Waals surface area (Å²) in [6, 6.07) is -0.407. The van der Waals surface area contributed by atoms with Crippen LogP contribution in [-0.2, 0) is 11.2 Å². The normalized spacial score (nSPS) is 11.4. The van der Waals surface area contributed by atoms with Crippen LogP contribution in [0.15, 0.2) is 12.5 Å². The Labute approximate surface area is 78.6 Å². The lowest BCUT2D eigenvalue weighted by Gasteiger charge is -2.03. The van der Waals surface area contributed by atoms with Gasteiger partial charge in [-0.3, -0.25) is 4.79 Å². The van der Waals surface area contributed by atoms with Crippen LogP contribution in [0.5, 0.6) is 0 Å². The van der Waals surface area contributed by atoms with Crippen molar-refractivity contribution < 1.29 is 4.79 Å². The average molecular weight is 183 g/mol. The highest BCUT2D eigenvalue weighted by atomic mass is 16.1. The minimum Gasteiger partial charge on any atom is -0.348 e. The molecule has 1 aromatic rings. The van der Waals surface area contributed by atoms with Crippen molar-refractivity contribution in [1.29, 1.82) is 0 Å². The van der Waals surface area contributed by atoms with Gasteiger partial charge < -0.3 is 10.7 Å². The SMILES string of the molecule is CC.CC(=O)[C@H](N)Cc1cnc[nH]1. The third-order valence-corrected chi connectivity index (χ3v) is 1.52. The molecular formula is C9H17N3O. The topological polar surface area (TPSA) is 71.8 Å². The Hall–Kier alpha value is -1.16. The maximum Gasteiger partial charge on any atom is 0.146 e. The molecule has 0 aliphatic heterocycles. The van der Waals surface area contributed by atoms with E-state index in [2.05, 4.69) is 9.97 Å². The number of Topliss-reactive ketones (excluding diaryl/α,β-unsaturated/α-hetero) is 1. The zero-order valence-electron chi connectivity index (χ0n) is 8.37. The highest BCUT2D eigenvalue weighted by Crippen LogP contribution is 1.96. The molecule has 0 amide bonds. The lowest BCUT2D eigenvalue weighted by atomic mass is 10.1. The van der Waals surface area contributed by atoms with E-state index in [0.29, 0.717) is 6.42 Å². The van der Waals surface area contributed by atoms with E-state index in [1.807, 2.05) is 13.8 Å². The summed E-state index contributed by atoms with van der Waals surface area (Å²) >= 11 is 0. The van der Waals surface area contributed by atoms with Gasteiger partial charge in [-0.05, 0) is 6.92 Å². The second-order valence-electron chi connectivity index (χ2n) is 2.50. The van der Waals surface area contributed by atoms with Crippen LogP contribution in [0.25, 0.3) is 0 Å². The van der Waals surface area contributed by atoms with Gasteiger partial charge in [-0.25, -0.2) is 4.98 Å². The summed E-state index contributed by atoms with van der Waals surface area (Å²) in [7, 11) is 0. The maximum atomic E-state index is 10.7. The van der Waals surface area contributed by atoms with Crippen molar-refractivity contribution in [2.75, 3.05) is 0 Å². The fourth-order valence-corrected chi connectivity index (χ4v) is 0.777. The Morgan fingerprint density at radius 3 is 2.69 bits per heavy atom. The van der Waals surface area contributed by atoms with E-state index in [1.165, 1.54) is 6.92 Å². The summed E-state index contributed by atoms with van der Waals surface area (Å²) in [4.78, 5) is 17.4. The van der Waals surface area contributed by atoms with Crippen LogP contribution in [0.4, 0.5) is 0 Å². The molecule has 0 spiro atoms. The summed E-state index contributed by atoms with van der Waals surface area (Å²) in [6.07, 6.45) is 3.78. The van der Waals surface area contributed by atoms with Crippen LogP contribution in [0.3, 0.4) is 0 Å². The van der Waals surface area contributed by atoms with Crippen molar-refractivity contribution in [3.63, 3.8) is 0 Å². The number of imidazole rings is 1. The van der Waals surface area contributed by atoms with Crippen molar-refractivity contribution in [3.8, 4) is 0 Å². The monoisotopic (exact) mass is 183 g/mol. The molecule has 1 aromatic heterocycles. The second kappa shape index (κ2) is 6.37. The van der Waals surface area contributed by atoms with Gasteiger partial charge in [0.15, 0.2) is 0 Å². The number of carbonyl (C=O) groups excluding carboxylic acids is 1. The summed E-state index contributed by atoms with van der Waals surface area (Å²) in [5.74, 6) is -0.000370. The van der Waals surface area contributed by atoms with Crippen LogP contribution >= 0.6 is 0 Å². The number of H-pyrrole nitrogens is 1. The number of rotatable bonds is 3. The third kappa shape index (κ3) is 4.42. The van der Waals surface area contributed by atoms with Gasteiger partial charge in [-0.1, -0.05) is 13.8 Å². The molecule has 0 aliphatic carbocycles. The number of ketones is 1. The maximum absolute atomic E-state index is 10.7. The number of aromatic amines is 1. The summed E-state index contributed by atoms with van der Waals surface area (Å²) in [5, 5.41) is 0. The Bertz CT molecular complexity index is 231. The van der Waals surface area contributed by atoms with Gasteiger partial charge >= 0.3 is 0 Å². The van der Waals surface area contributed by atoms with Crippen molar-refractivity contribution in [2.45, 2.75) is 33.2 Å². The lowest BCUT2D eigenvalue weighted by molar-refractivity contribution is -0.118. The molecule has 1 heterocycles. The van der Waals surface area contributed by atoms with E-state index in [0.717, 1.165) is 5.69 Å². The van der Waals surface area contributed by atoms with Crippen molar-refractivity contribution in [2.24, 2.45) is 5.73 Å². The highest BCUT2D eigenvalue weighted by molar-refractivity contribution is 5.81. The third-order valence-electron chi connectivity index (χ3n) is 1.52. The van der Waals surface area contributed by atoms with Crippen LogP contribution in [0, 0.1) is 0 Å². The molecule has 0 fully saturated rings. The van der Waals surface area contributed by atoms with Gasteiger partial charge in [0, 0.05) is 18.3 Å². The van der Waals surface area contributed by atoms with Crippen LogP contribution in [0.1, 0.15) is 26.5 Å². The predicted molar refractivity (Wildman–Crippen MR) is 52.3 cm³/mol. The number of aromatic nitrogens is 2. The summed E-state index contributed by atoms with van der Waals surface area (Å²) in [5.41, 5.74) is 6.41. The van der Waals surface area contributed by atoms with Crippen molar-refractivity contribution in [1.82, 2.24) is 9.97 Å². The largest absolute Gasteiger partial charge is 0.348 e. The molecule has 0 aliphatic rings. The van der Waals surface area contributed by atoms with Gasteiger partial charge in [-0.2, -0.15) is 0 Å². The quantitative estimate of drug-likeness (QED) is 0.731. The number of nitrogens with two attached hydrogens (primary N) is 1. The van der Waals surface area contributed by atoms with E-state index in [9.17, 15) is 4.79 Å². The Morgan fingerprint density at radius 2 is 2.31 bits per heavy atom. The molecule has 0 aromatic carbocycles. The van der Waals surface area contributed by atoms with Gasteiger partial charge in [0.2, 0.25) is 0 Å². The zero-order valence-corrected chi connectivity index (χ0v) is 8.37. The molecule has 0 unspecified atom stereocenters. The van der Waals surface area contributed by atoms with Gasteiger partial charge in [0.25, 0.3) is 0 Å². The van der Waals surface area contributed by atoms with Crippen molar-refractivity contribution in [3.05, 3.63) is 18.2 Å². The fourth-order valence-electron chi connectivity index (χ4n) is 0.777. The Morgan fingerprint density at radius 1 is 1.69 bits per heavy atom. The van der Waals surface area contributed by atoms with Crippen LogP contribution < -0.4 is 5.73 Å². The molecule has 4 nitrogen and oxygen atoms in total. The second-order valence-corrected chi connectivity index (χ2v) is 2.50. The predicted octanol–water partition coefficient (Wildman–Crippen LogP) is 0.895.